The summed E-state index contributed by atoms with van der Waals surface area (Å²) in [6.07, 6.45) is 0. The van der Waals surface area contributed by atoms with Crippen LogP contribution in [0.4, 0.5) is 4.39 Å². The van der Waals surface area contributed by atoms with Crippen molar-refractivity contribution in [1.82, 2.24) is 0 Å². The first kappa shape index (κ1) is 13.9. The number of ether oxygens (including phenoxy) is 1. The van der Waals surface area contributed by atoms with E-state index in [1.54, 1.807) is 26.2 Å². The Balaban J connectivity index is 2.41. The second-order valence-corrected chi connectivity index (χ2v) is 5.01. The van der Waals surface area contributed by atoms with Crippen LogP contribution in [0, 0.1) is 19.7 Å². The van der Waals surface area contributed by atoms with Crippen LogP contribution >= 0.6 is 11.6 Å². The molecule has 0 heterocycles. The van der Waals surface area contributed by atoms with E-state index in [0.717, 1.165) is 16.9 Å². The zero-order valence-electron chi connectivity index (χ0n) is 11.2. The van der Waals surface area contributed by atoms with Crippen molar-refractivity contribution in [1.29, 1.82) is 0 Å². The van der Waals surface area contributed by atoms with Gasteiger partial charge < -0.3 is 4.74 Å². The van der Waals surface area contributed by atoms with Crippen LogP contribution in [0.2, 0.25) is 0 Å². The van der Waals surface area contributed by atoms with Crippen LogP contribution in [0.3, 0.4) is 0 Å². The third-order valence-electron chi connectivity index (χ3n) is 3.21. The molecule has 3 heteroatoms. The molecule has 0 saturated heterocycles. The number of benzene rings is 2. The van der Waals surface area contributed by atoms with Crippen LogP contribution in [-0.2, 0) is 0 Å². The summed E-state index contributed by atoms with van der Waals surface area (Å²) in [7, 11) is 1.63. The van der Waals surface area contributed by atoms with Crippen molar-refractivity contribution in [3.05, 3.63) is 64.5 Å². The lowest BCUT2D eigenvalue weighted by Gasteiger charge is -2.14. The highest BCUT2D eigenvalue weighted by molar-refractivity contribution is 6.22. The Morgan fingerprint density at radius 3 is 2.47 bits per heavy atom. The first-order chi connectivity index (χ1) is 9.04. The van der Waals surface area contributed by atoms with Gasteiger partial charge in [0.2, 0.25) is 0 Å². The number of alkyl halides is 1. The largest absolute Gasteiger partial charge is 0.496 e. The molecule has 0 aliphatic heterocycles. The molecule has 2 rings (SSSR count). The van der Waals surface area contributed by atoms with Gasteiger partial charge in [0.1, 0.15) is 11.6 Å². The fourth-order valence-corrected chi connectivity index (χ4v) is 2.41. The van der Waals surface area contributed by atoms with E-state index in [-0.39, 0.29) is 5.82 Å². The van der Waals surface area contributed by atoms with Gasteiger partial charge in [-0.3, -0.25) is 0 Å². The topological polar surface area (TPSA) is 9.23 Å². The molecule has 1 atom stereocenters. The molecule has 2 aromatic carbocycles. The average Bonchev–Trinajstić information content (AvgIpc) is 2.41. The van der Waals surface area contributed by atoms with Crippen LogP contribution in [0.25, 0.3) is 0 Å². The molecule has 0 radical (unpaired) electrons. The van der Waals surface area contributed by atoms with Crippen molar-refractivity contribution in [3.8, 4) is 5.75 Å². The van der Waals surface area contributed by atoms with E-state index in [0.29, 0.717) is 11.1 Å². The molecule has 0 aliphatic rings. The number of hydrogen-bond donors (Lipinski definition) is 0. The van der Waals surface area contributed by atoms with Crippen LogP contribution in [0.5, 0.6) is 5.75 Å². The molecule has 19 heavy (non-hydrogen) atoms. The SMILES string of the molecule is COc1ccc(C(Cl)c2cccc(C)c2F)cc1C. The number of halogens is 2. The summed E-state index contributed by atoms with van der Waals surface area (Å²) in [6, 6.07) is 10.9. The summed E-state index contributed by atoms with van der Waals surface area (Å²) >= 11 is 6.40. The summed E-state index contributed by atoms with van der Waals surface area (Å²) in [4.78, 5) is 0. The van der Waals surface area contributed by atoms with Crippen molar-refractivity contribution in [2.45, 2.75) is 19.2 Å². The van der Waals surface area contributed by atoms with Gasteiger partial charge in [0.25, 0.3) is 0 Å². The number of aryl methyl sites for hydroxylation is 2. The van der Waals surface area contributed by atoms with E-state index in [9.17, 15) is 4.39 Å². The second-order valence-electron chi connectivity index (χ2n) is 4.57. The molecular formula is C16H16ClFO. The van der Waals surface area contributed by atoms with E-state index >= 15 is 0 Å². The standard InChI is InChI=1S/C16H16ClFO/c1-10-5-4-6-13(16(10)18)15(17)12-7-8-14(19-3)11(2)9-12/h4-9,15H,1-3H3. The van der Waals surface area contributed by atoms with Gasteiger partial charge in [-0.25, -0.2) is 4.39 Å². The average molecular weight is 279 g/mol. The number of hydrogen-bond acceptors (Lipinski definition) is 1. The molecule has 1 nitrogen and oxygen atoms in total. The van der Waals surface area contributed by atoms with E-state index in [4.69, 9.17) is 16.3 Å². The van der Waals surface area contributed by atoms with Crippen molar-refractivity contribution in [2.75, 3.05) is 7.11 Å². The van der Waals surface area contributed by atoms with Crippen LogP contribution in [0.15, 0.2) is 36.4 Å². The van der Waals surface area contributed by atoms with Crippen molar-refractivity contribution in [2.24, 2.45) is 0 Å². The van der Waals surface area contributed by atoms with Gasteiger partial charge in [-0.05, 0) is 36.6 Å². The fourth-order valence-electron chi connectivity index (χ4n) is 2.10. The smallest absolute Gasteiger partial charge is 0.131 e. The normalized spacial score (nSPS) is 12.3. The van der Waals surface area contributed by atoms with Gasteiger partial charge in [0.05, 0.1) is 12.5 Å². The van der Waals surface area contributed by atoms with Gasteiger partial charge in [-0.1, -0.05) is 30.3 Å². The molecule has 0 aromatic heterocycles. The first-order valence-electron chi connectivity index (χ1n) is 6.08. The maximum absolute atomic E-state index is 14.1. The minimum absolute atomic E-state index is 0.240. The van der Waals surface area contributed by atoms with Crippen molar-refractivity contribution >= 4 is 11.6 Å². The summed E-state index contributed by atoms with van der Waals surface area (Å²) in [6.45, 7) is 3.68. The van der Waals surface area contributed by atoms with E-state index in [1.807, 2.05) is 31.2 Å². The Labute approximate surface area is 118 Å². The van der Waals surface area contributed by atoms with Crippen LogP contribution in [0.1, 0.15) is 27.6 Å². The molecular weight excluding hydrogens is 263 g/mol. The maximum atomic E-state index is 14.1. The third-order valence-corrected chi connectivity index (χ3v) is 3.69. The Hall–Kier alpha value is -1.54. The Bertz CT molecular complexity index is 595. The quantitative estimate of drug-likeness (QED) is 0.734. The highest BCUT2D eigenvalue weighted by atomic mass is 35.5. The predicted octanol–water partition coefficient (Wildman–Crippen LogP) is 4.78. The van der Waals surface area contributed by atoms with Gasteiger partial charge in [0, 0.05) is 5.56 Å². The lowest BCUT2D eigenvalue weighted by Crippen LogP contribution is -2.00. The minimum Gasteiger partial charge on any atom is -0.496 e. The van der Waals surface area contributed by atoms with Crippen molar-refractivity contribution in [3.63, 3.8) is 0 Å². The molecule has 0 aliphatic carbocycles. The Morgan fingerprint density at radius 2 is 1.84 bits per heavy atom. The molecule has 0 bridgehead atoms. The van der Waals surface area contributed by atoms with Crippen LogP contribution < -0.4 is 4.74 Å². The molecule has 2 aromatic rings. The minimum atomic E-state index is -0.496. The maximum Gasteiger partial charge on any atom is 0.131 e. The summed E-state index contributed by atoms with van der Waals surface area (Å²) in [5.41, 5.74) is 2.96. The van der Waals surface area contributed by atoms with E-state index < -0.39 is 5.38 Å². The van der Waals surface area contributed by atoms with Gasteiger partial charge in [0.15, 0.2) is 0 Å². The lowest BCUT2D eigenvalue weighted by atomic mass is 10.00. The van der Waals surface area contributed by atoms with Crippen molar-refractivity contribution < 1.29 is 9.13 Å². The highest BCUT2D eigenvalue weighted by Gasteiger charge is 2.17. The Morgan fingerprint density at radius 1 is 1.11 bits per heavy atom. The summed E-state index contributed by atoms with van der Waals surface area (Å²) < 4.78 is 19.3. The predicted molar refractivity (Wildman–Crippen MR) is 76.6 cm³/mol. The molecule has 0 amide bonds. The first-order valence-corrected chi connectivity index (χ1v) is 6.52. The summed E-state index contributed by atoms with van der Waals surface area (Å²) in [5.74, 6) is 0.563. The zero-order chi connectivity index (χ0) is 14.0. The molecule has 1 unspecified atom stereocenters. The zero-order valence-corrected chi connectivity index (χ0v) is 12.0. The fraction of sp³-hybridized carbons (Fsp3) is 0.250. The molecule has 100 valence electrons. The molecule has 0 fully saturated rings. The molecule has 0 spiro atoms. The van der Waals surface area contributed by atoms with Gasteiger partial charge >= 0.3 is 0 Å². The highest BCUT2D eigenvalue weighted by Crippen LogP contribution is 2.33. The molecule has 0 saturated carbocycles. The monoisotopic (exact) mass is 278 g/mol. The number of methoxy groups -OCH3 is 1. The third kappa shape index (κ3) is 2.74. The van der Waals surface area contributed by atoms with E-state index in [1.165, 1.54) is 0 Å². The van der Waals surface area contributed by atoms with Crippen LogP contribution in [-0.4, -0.2) is 7.11 Å². The lowest BCUT2D eigenvalue weighted by molar-refractivity contribution is 0.411. The molecule has 0 N–H and O–H groups in total. The van der Waals surface area contributed by atoms with Gasteiger partial charge in [-0.2, -0.15) is 0 Å². The van der Waals surface area contributed by atoms with E-state index in [2.05, 4.69) is 0 Å². The number of rotatable bonds is 3. The Kier molecular flexibility index (Phi) is 4.11. The van der Waals surface area contributed by atoms with Gasteiger partial charge in [-0.15, -0.1) is 11.6 Å². The summed E-state index contributed by atoms with van der Waals surface area (Å²) in [5, 5.41) is -0.496. The second kappa shape index (κ2) is 5.62.